The van der Waals surface area contributed by atoms with E-state index in [1.807, 2.05) is 11.0 Å². The van der Waals surface area contributed by atoms with Crippen LogP contribution in [0, 0.1) is 11.7 Å². The van der Waals surface area contributed by atoms with E-state index >= 15 is 0 Å². The molecule has 2 heterocycles. The number of carboxylic acids is 1. The molecule has 3 aromatic rings. The lowest BCUT2D eigenvalue weighted by atomic mass is 9.99. The fourth-order valence-corrected chi connectivity index (χ4v) is 3.33. The Hall–Kier alpha value is -2.87. The molecule has 1 aromatic heterocycles. The summed E-state index contributed by atoms with van der Waals surface area (Å²) in [6.45, 7) is 1.50. The molecule has 1 aliphatic rings. The summed E-state index contributed by atoms with van der Waals surface area (Å²) in [6.07, 6.45) is -4.58. The van der Waals surface area contributed by atoms with E-state index in [-0.39, 0.29) is 17.2 Å². The monoisotopic (exact) mass is 393 g/mol. The molecule has 8 heteroatoms. The molecule has 1 saturated heterocycles. The van der Waals surface area contributed by atoms with Crippen molar-refractivity contribution >= 4 is 16.9 Å². The van der Waals surface area contributed by atoms with Crippen LogP contribution in [0.25, 0.3) is 22.3 Å². The van der Waals surface area contributed by atoms with Gasteiger partial charge in [0, 0.05) is 25.0 Å². The number of carboxylic acid groups (broad SMARTS) is 1. The van der Waals surface area contributed by atoms with Crippen molar-refractivity contribution in [3.63, 3.8) is 0 Å². The fraction of sp³-hybridized carbons (Fsp3) is 0.250. The van der Waals surface area contributed by atoms with Gasteiger partial charge in [-0.05, 0) is 42.0 Å². The van der Waals surface area contributed by atoms with Crippen molar-refractivity contribution in [3.05, 3.63) is 59.4 Å². The first-order chi connectivity index (χ1) is 13.2. The molecule has 0 amide bonds. The maximum atomic E-state index is 14.1. The molecule has 0 aliphatic carbocycles. The van der Waals surface area contributed by atoms with Crippen LogP contribution in [0.1, 0.15) is 11.1 Å². The van der Waals surface area contributed by atoms with E-state index in [9.17, 15) is 22.4 Å². The van der Waals surface area contributed by atoms with Gasteiger partial charge in [-0.1, -0.05) is 6.07 Å². The molecule has 4 rings (SSSR count). The molecule has 0 bridgehead atoms. The topological polar surface area (TPSA) is 53.7 Å². The number of rotatable bonds is 4. The van der Waals surface area contributed by atoms with Crippen LogP contribution in [0.4, 0.5) is 17.6 Å². The Balaban J connectivity index is 1.60. The van der Waals surface area contributed by atoms with Gasteiger partial charge in [0.05, 0.1) is 17.0 Å². The third kappa shape index (κ3) is 3.47. The van der Waals surface area contributed by atoms with Crippen molar-refractivity contribution < 1.29 is 31.9 Å². The van der Waals surface area contributed by atoms with Gasteiger partial charge in [-0.15, -0.1) is 0 Å². The summed E-state index contributed by atoms with van der Waals surface area (Å²) < 4.78 is 58.4. The molecule has 1 N–H and O–H groups in total. The standard InChI is InChI=1S/C20H15F4NO3/c21-16-3-2-14(20(22,23)24)7-15(16)18-6-12-5-11(1-4-17(12)28-18)8-25-9-13(10-25)19(26)27/h1-7,13H,8-10H2,(H,26,27). The van der Waals surface area contributed by atoms with Crippen LogP contribution < -0.4 is 0 Å². The SMILES string of the molecule is O=C(O)C1CN(Cc2ccc3oc(-c4cc(C(F)(F)F)ccc4F)cc3c2)C1. The summed E-state index contributed by atoms with van der Waals surface area (Å²) in [5.74, 6) is -1.94. The van der Waals surface area contributed by atoms with Crippen molar-refractivity contribution in [2.24, 2.45) is 5.92 Å². The van der Waals surface area contributed by atoms with Gasteiger partial charge in [-0.2, -0.15) is 13.2 Å². The number of aliphatic carboxylic acids is 1. The number of nitrogens with zero attached hydrogens (tertiary/aromatic N) is 1. The Bertz CT molecular complexity index is 1050. The molecule has 2 aromatic carbocycles. The third-order valence-electron chi connectivity index (χ3n) is 4.85. The molecule has 4 nitrogen and oxygen atoms in total. The Morgan fingerprint density at radius 2 is 1.89 bits per heavy atom. The lowest BCUT2D eigenvalue weighted by Gasteiger charge is -2.36. The minimum Gasteiger partial charge on any atom is -0.481 e. The third-order valence-corrected chi connectivity index (χ3v) is 4.85. The molecule has 0 unspecified atom stereocenters. The first-order valence-electron chi connectivity index (χ1n) is 8.55. The normalized spacial score (nSPS) is 15.7. The minimum atomic E-state index is -4.58. The summed E-state index contributed by atoms with van der Waals surface area (Å²) in [5.41, 5.74) is 0.145. The quantitative estimate of drug-likeness (QED) is 0.649. The lowest BCUT2D eigenvalue weighted by molar-refractivity contribution is -0.147. The smallest absolute Gasteiger partial charge is 0.416 e. The average Bonchev–Trinajstić information content (AvgIpc) is 2.99. The zero-order valence-corrected chi connectivity index (χ0v) is 14.5. The zero-order valence-electron chi connectivity index (χ0n) is 14.5. The van der Waals surface area contributed by atoms with E-state index in [0.717, 1.165) is 17.7 Å². The minimum absolute atomic E-state index is 0.0191. The van der Waals surface area contributed by atoms with Crippen LogP contribution in [0.3, 0.4) is 0 Å². The van der Waals surface area contributed by atoms with Crippen LogP contribution in [-0.4, -0.2) is 29.1 Å². The first-order valence-corrected chi connectivity index (χ1v) is 8.55. The maximum absolute atomic E-state index is 14.1. The van der Waals surface area contributed by atoms with Gasteiger partial charge in [0.2, 0.25) is 0 Å². The number of fused-ring (bicyclic) bond motifs is 1. The summed E-state index contributed by atoms with van der Waals surface area (Å²) in [5, 5.41) is 9.56. The van der Waals surface area contributed by atoms with Gasteiger partial charge in [0.15, 0.2) is 0 Å². The highest BCUT2D eigenvalue weighted by molar-refractivity contribution is 5.83. The summed E-state index contributed by atoms with van der Waals surface area (Å²) >= 11 is 0. The molecule has 146 valence electrons. The fourth-order valence-electron chi connectivity index (χ4n) is 3.33. The first kappa shape index (κ1) is 18.5. The van der Waals surface area contributed by atoms with Crippen molar-refractivity contribution in [1.29, 1.82) is 0 Å². The van der Waals surface area contributed by atoms with Gasteiger partial charge in [0.25, 0.3) is 0 Å². The molecule has 0 atom stereocenters. The number of halogens is 4. The van der Waals surface area contributed by atoms with Crippen molar-refractivity contribution in [1.82, 2.24) is 4.90 Å². The number of benzene rings is 2. The molecule has 0 saturated carbocycles. The Morgan fingerprint density at radius 3 is 2.57 bits per heavy atom. The van der Waals surface area contributed by atoms with Crippen molar-refractivity contribution in [2.45, 2.75) is 12.7 Å². The number of hydrogen-bond donors (Lipinski definition) is 1. The van der Waals surface area contributed by atoms with E-state index in [0.29, 0.717) is 36.7 Å². The molecule has 1 fully saturated rings. The van der Waals surface area contributed by atoms with Crippen LogP contribution in [-0.2, 0) is 17.5 Å². The van der Waals surface area contributed by atoms with Crippen LogP contribution in [0.5, 0.6) is 0 Å². The second-order valence-electron chi connectivity index (χ2n) is 6.90. The number of likely N-dealkylation sites (tertiary alicyclic amines) is 1. The Labute approximate surface area is 157 Å². The van der Waals surface area contributed by atoms with Gasteiger partial charge in [-0.3, -0.25) is 9.69 Å². The molecule has 28 heavy (non-hydrogen) atoms. The van der Waals surface area contributed by atoms with E-state index in [1.54, 1.807) is 12.1 Å². The maximum Gasteiger partial charge on any atom is 0.416 e. The van der Waals surface area contributed by atoms with E-state index in [4.69, 9.17) is 9.52 Å². The largest absolute Gasteiger partial charge is 0.481 e. The number of carbonyl (C=O) groups is 1. The van der Waals surface area contributed by atoms with Gasteiger partial charge in [-0.25, -0.2) is 4.39 Å². The zero-order chi connectivity index (χ0) is 20.1. The van der Waals surface area contributed by atoms with E-state index in [1.165, 1.54) is 6.07 Å². The van der Waals surface area contributed by atoms with Crippen LogP contribution >= 0.6 is 0 Å². The van der Waals surface area contributed by atoms with Gasteiger partial charge < -0.3 is 9.52 Å². The van der Waals surface area contributed by atoms with E-state index in [2.05, 4.69) is 0 Å². The van der Waals surface area contributed by atoms with E-state index < -0.39 is 23.5 Å². The Kier molecular flexibility index (Phi) is 4.38. The second kappa shape index (κ2) is 6.63. The van der Waals surface area contributed by atoms with Gasteiger partial charge >= 0.3 is 12.1 Å². The summed E-state index contributed by atoms with van der Waals surface area (Å²) in [6, 6.07) is 8.99. The summed E-state index contributed by atoms with van der Waals surface area (Å²) in [7, 11) is 0. The molecule has 0 radical (unpaired) electrons. The molecule has 1 aliphatic heterocycles. The predicted molar refractivity (Wildman–Crippen MR) is 93.0 cm³/mol. The Morgan fingerprint density at radius 1 is 1.14 bits per heavy atom. The lowest BCUT2D eigenvalue weighted by Crippen LogP contribution is -2.49. The predicted octanol–water partition coefficient (Wildman–Crippen LogP) is 4.77. The molecule has 0 spiro atoms. The highest BCUT2D eigenvalue weighted by atomic mass is 19.4. The number of alkyl halides is 3. The number of hydrogen-bond acceptors (Lipinski definition) is 3. The highest BCUT2D eigenvalue weighted by Gasteiger charge is 2.33. The van der Waals surface area contributed by atoms with Gasteiger partial charge in [0.1, 0.15) is 17.2 Å². The highest BCUT2D eigenvalue weighted by Crippen LogP contribution is 2.36. The van der Waals surface area contributed by atoms with Crippen molar-refractivity contribution in [2.75, 3.05) is 13.1 Å². The van der Waals surface area contributed by atoms with Crippen molar-refractivity contribution in [3.8, 4) is 11.3 Å². The van der Waals surface area contributed by atoms with Crippen LogP contribution in [0.15, 0.2) is 46.9 Å². The molecular formula is C20H15F4NO3. The number of furan rings is 1. The molecular weight excluding hydrogens is 378 g/mol. The summed E-state index contributed by atoms with van der Waals surface area (Å²) in [4.78, 5) is 12.8. The second-order valence-corrected chi connectivity index (χ2v) is 6.90. The van der Waals surface area contributed by atoms with Crippen LogP contribution in [0.2, 0.25) is 0 Å². The average molecular weight is 393 g/mol.